The fourth-order valence-electron chi connectivity index (χ4n) is 1.44. The molecule has 0 radical (unpaired) electrons. The normalized spacial score (nSPS) is 38.2. The smallest absolute Gasteiger partial charge is 0.407 e. The molecule has 2 aliphatic heterocycles. The minimum Gasteiger partial charge on any atom is -0.443 e. The molecule has 2 saturated heterocycles. The molecule has 0 aromatic rings. The zero-order valence-electron chi connectivity index (χ0n) is 5.59. The Labute approximate surface area is 58.9 Å². The van der Waals surface area contributed by atoms with Crippen molar-refractivity contribution in [1.82, 2.24) is 10.6 Å². The molecule has 2 unspecified atom stereocenters. The lowest BCUT2D eigenvalue weighted by Crippen LogP contribution is -2.45. The SMILES string of the molecule is O=C1NC2CCNCC2O1. The molecule has 0 spiro atoms. The van der Waals surface area contributed by atoms with E-state index in [-0.39, 0.29) is 18.2 Å². The summed E-state index contributed by atoms with van der Waals surface area (Å²) in [5.74, 6) is 0. The molecule has 2 aliphatic rings. The van der Waals surface area contributed by atoms with E-state index in [2.05, 4.69) is 10.6 Å². The number of ether oxygens (including phenoxy) is 1. The molecule has 1 amide bonds. The van der Waals surface area contributed by atoms with E-state index >= 15 is 0 Å². The fraction of sp³-hybridized carbons (Fsp3) is 0.833. The molecule has 2 atom stereocenters. The Balaban J connectivity index is 2.04. The van der Waals surface area contributed by atoms with Gasteiger partial charge in [0.15, 0.2) is 0 Å². The van der Waals surface area contributed by atoms with Gasteiger partial charge in [-0.25, -0.2) is 4.79 Å². The van der Waals surface area contributed by atoms with Crippen molar-refractivity contribution in [2.45, 2.75) is 18.6 Å². The first kappa shape index (κ1) is 5.97. The van der Waals surface area contributed by atoms with E-state index in [0.717, 1.165) is 19.5 Å². The Morgan fingerprint density at radius 2 is 2.50 bits per heavy atom. The summed E-state index contributed by atoms with van der Waals surface area (Å²) in [7, 11) is 0. The van der Waals surface area contributed by atoms with Crippen molar-refractivity contribution in [2.24, 2.45) is 0 Å². The highest BCUT2D eigenvalue weighted by Crippen LogP contribution is 2.13. The summed E-state index contributed by atoms with van der Waals surface area (Å²) in [5, 5.41) is 5.91. The molecular formula is C6H10N2O2. The second-order valence-electron chi connectivity index (χ2n) is 2.69. The third kappa shape index (κ3) is 0.844. The summed E-state index contributed by atoms with van der Waals surface area (Å²) in [4.78, 5) is 10.6. The number of nitrogens with one attached hydrogen (secondary N) is 2. The van der Waals surface area contributed by atoms with Crippen molar-refractivity contribution in [2.75, 3.05) is 13.1 Å². The van der Waals surface area contributed by atoms with E-state index in [0.29, 0.717) is 0 Å². The van der Waals surface area contributed by atoms with Crippen molar-refractivity contribution < 1.29 is 9.53 Å². The minimum absolute atomic E-state index is 0.0706. The maximum Gasteiger partial charge on any atom is 0.407 e. The molecule has 4 heteroatoms. The molecule has 56 valence electrons. The average Bonchev–Trinajstić information content (AvgIpc) is 2.27. The lowest BCUT2D eigenvalue weighted by Gasteiger charge is -2.22. The first-order chi connectivity index (χ1) is 4.86. The Bertz CT molecular complexity index is 144. The number of carbonyl (C=O) groups excluding carboxylic acids is 1. The third-order valence-corrected chi connectivity index (χ3v) is 1.99. The van der Waals surface area contributed by atoms with E-state index in [9.17, 15) is 4.79 Å². The molecule has 2 fully saturated rings. The number of rotatable bonds is 0. The first-order valence-electron chi connectivity index (χ1n) is 3.54. The van der Waals surface area contributed by atoms with Crippen molar-refractivity contribution >= 4 is 6.09 Å². The van der Waals surface area contributed by atoms with Crippen LogP contribution >= 0.6 is 0 Å². The molecule has 2 N–H and O–H groups in total. The number of amides is 1. The first-order valence-corrected chi connectivity index (χ1v) is 3.54. The van der Waals surface area contributed by atoms with Gasteiger partial charge in [-0.3, -0.25) is 0 Å². The molecule has 2 heterocycles. The quantitative estimate of drug-likeness (QED) is 0.477. The number of alkyl carbamates (subject to hydrolysis) is 1. The average molecular weight is 142 g/mol. The van der Waals surface area contributed by atoms with Crippen molar-refractivity contribution in [3.63, 3.8) is 0 Å². The monoisotopic (exact) mass is 142 g/mol. The molecule has 0 aliphatic carbocycles. The molecule has 10 heavy (non-hydrogen) atoms. The molecule has 0 saturated carbocycles. The number of fused-ring (bicyclic) bond motifs is 1. The van der Waals surface area contributed by atoms with Gasteiger partial charge in [0.2, 0.25) is 0 Å². The second-order valence-corrected chi connectivity index (χ2v) is 2.69. The van der Waals surface area contributed by atoms with Crippen LogP contribution in [0.2, 0.25) is 0 Å². The maximum absolute atomic E-state index is 10.6. The highest BCUT2D eigenvalue weighted by atomic mass is 16.6. The van der Waals surface area contributed by atoms with Crippen molar-refractivity contribution in [3.8, 4) is 0 Å². The van der Waals surface area contributed by atoms with Crippen LogP contribution in [-0.4, -0.2) is 31.3 Å². The number of carbonyl (C=O) groups is 1. The van der Waals surface area contributed by atoms with Gasteiger partial charge in [0.05, 0.1) is 6.04 Å². The van der Waals surface area contributed by atoms with Gasteiger partial charge in [-0.2, -0.15) is 0 Å². The summed E-state index contributed by atoms with van der Waals surface area (Å²) in [6.45, 7) is 1.77. The Morgan fingerprint density at radius 1 is 1.60 bits per heavy atom. The summed E-state index contributed by atoms with van der Waals surface area (Å²) in [6, 6.07) is 0.258. The van der Waals surface area contributed by atoms with Gasteiger partial charge in [0, 0.05) is 6.54 Å². The summed E-state index contributed by atoms with van der Waals surface area (Å²) in [5.41, 5.74) is 0. The van der Waals surface area contributed by atoms with E-state index in [4.69, 9.17) is 4.74 Å². The van der Waals surface area contributed by atoms with Crippen LogP contribution in [0, 0.1) is 0 Å². The van der Waals surface area contributed by atoms with Crippen LogP contribution in [0.15, 0.2) is 0 Å². The highest BCUT2D eigenvalue weighted by molar-refractivity contribution is 5.70. The largest absolute Gasteiger partial charge is 0.443 e. The predicted octanol–water partition coefficient (Wildman–Crippen LogP) is -0.543. The van der Waals surface area contributed by atoms with E-state index in [1.807, 2.05) is 0 Å². The van der Waals surface area contributed by atoms with Gasteiger partial charge < -0.3 is 15.4 Å². The van der Waals surface area contributed by atoms with E-state index in [1.165, 1.54) is 0 Å². The van der Waals surface area contributed by atoms with Gasteiger partial charge in [-0.05, 0) is 13.0 Å². The Kier molecular flexibility index (Phi) is 1.27. The van der Waals surface area contributed by atoms with Gasteiger partial charge in [-0.15, -0.1) is 0 Å². The van der Waals surface area contributed by atoms with Crippen molar-refractivity contribution in [1.29, 1.82) is 0 Å². The standard InChI is InChI=1S/C6H10N2O2/c9-6-8-4-1-2-7-3-5(4)10-6/h4-5,7H,1-3H2,(H,8,9). The second kappa shape index (κ2) is 2.12. The topological polar surface area (TPSA) is 50.4 Å². The van der Waals surface area contributed by atoms with Gasteiger partial charge in [-0.1, -0.05) is 0 Å². The molecule has 0 aromatic heterocycles. The molecule has 4 nitrogen and oxygen atoms in total. The number of hydrogen-bond donors (Lipinski definition) is 2. The molecule has 2 rings (SSSR count). The van der Waals surface area contributed by atoms with Crippen LogP contribution < -0.4 is 10.6 Å². The summed E-state index contributed by atoms with van der Waals surface area (Å²) in [6.07, 6.45) is 0.788. The van der Waals surface area contributed by atoms with Crippen LogP contribution in [0.25, 0.3) is 0 Å². The minimum atomic E-state index is -0.265. The van der Waals surface area contributed by atoms with Gasteiger partial charge >= 0.3 is 6.09 Å². The summed E-state index contributed by atoms with van der Waals surface area (Å²) >= 11 is 0. The lowest BCUT2D eigenvalue weighted by atomic mass is 10.1. The van der Waals surface area contributed by atoms with Crippen LogP contribution in [0.3, 0.4) is 0 Å². The third-order valence-electron chi connectivity index (χ3n) is 1.99. The zero-order valence-corrected chi connectivity index (χ0v) is 5.59. The molecule has 0 aromatic carbocycles. The maximum atomic E-state index is 10.6. The van der Waals surface area contributed by atoms with Crippen LogP contribution in [0.5, 0.6) is 0 Å². The fourth-order valence-corrected chi connectivity index (χ4v) is 1.44. The summed E-state index contributed by atoms with van der Waals surface area (Å²) < 4.78 is 4.95. The Morgan fingerprint density at radius 3 is 3.30 bits per heavy atom. The van der Waals surface area contributed by atoms with E-state index in [1.54, 1.807) is 0 Å². The molecule has 0 bridgehead atoms. The zero-order chi connectivity index (χ0) is 6.97. The van der Waals surface area contributed by atoms with E-state index < -0.39 is 0 Å². The molecular weight excluding hydrogens is 132 g/mol. The van der Waals surface area contributed by atoms with Crippen LogP contribution in [0.1, 0.15) is 6.42 Å². The number of piperidine rings is 1. The van der Waals surface area contributed by atoms with Gasteiger partial charge in [0.1, 0.15) is 6.10 Å². The van der Waals surface area contributed by atoms with Crippen LogP contribution in [-0.2, 0) is 4.74 Å². The Hall–Kier alpha value is -0.770. The van der Waals surface area contributed by atoms with Crippen LogP contribution in [0.4, 0.5) is 4.79 Å². The highest BCUT2D eigenvalue weighted by Gasteiger charge is 2.35. The predicted molar refractivity (Wildman–Crippen MR) is 34.7 cm³/mol. The lowest BCUT2D eigenvalue weighted by molar-refractivity contribution is 0.121. The number of hydrogen-bond acceptors (Lipinski definition) is 3. The van der Waals surface area contributed by atoms with Crippen molar-refractivity contribution in [3.05, 3.63) is 0 Å². The van der Waals surface area contributed by atoms with Gasteiger partial charge in [0.25, 0.3) is 0 Å².